The van der Waals surface area contributed by atoms with Crippen LogP contribution in [-0.4, -0.2) is 59.1 Å². The molecule has 0 aromatic rings. The van der Waals surface area contributed by atoms with Crippen molar-refractivity contribution < 1.29 is 9.90 Å². The van der Waals surface area contributed by atoms with Crippen molar-refractivity contribution in [2.24, 2.45) is 46.3 Å². The maximum absolute atomic E-state index is 13.4. The summed E-state index contributed by atoms with van der Waals surface area (Å²) in [4.78, 5) is 18.1. The van der Waals surface area contributed by atoms with Crippen molar-refractivity contribution in [3.05, 3.63) is 24.3 Å². The Balaban J connectivity index is 1.08. The summed E-state index contributed by atoms with van der Waals surface area (Å²) < 4.78 is 0. The predicted molar refractivity (Wildman–Crippen MR) is 150 cm³/mol. The molecule has 0 aromatic heterocycles. The van der Waals surface area contributed by atoms with Crippen molar-refractivity contribution in [3.8, 4) is 0 Å². The third kappa shape index (κ3) is 4.28. The van der Waals surface area contributed by atoms with Crippen molar-refractivity contribution in [1.82, 2.24) is 9.80 Å². The number of hydrogen-bond acceptors (Lipinski definition) is 3. The van der Waals surface area contributed by atoms with Crippen molar-refractivity contribution in [3.63, 3.8) is 0 Å². The van der Waals surface area contributed by atoms with Crippen LogP contribution in [0, 0.1) is 46.3 Å². The molecule has 0 spiro atoms. The molecule has 4 heteroatoms. The first-order valence-corrected chi connectivity index (χ1v) is 15.7. The predicted octanol–water partition coefficient (Wildman–Crippen LogP) is 6.06. The van der Waals surface area contributed by atoms with Crippen LogP contribution < -0.4 is 0 Å². The van der Waals surface area contributed by atoms with Gasteiger partial charge in [0.1, 0.15) is 0 Å². The normalized spacial score (nSPS) is 46.0. The van der Waals surface area contributed by atoms with Crippen LogP contribution >= 0.6 is 0 Å². The number of hydrogen-bond donors (Lipinski definition) is 1. The van der Waals surface area contributed by atoms with Gasteiger partial charge in [-0.15, -0.1) is 6.58 Å². The van der Waals surface area contributed by atoms with Gasteiger partial charge in [-0.3, -0.25) is 9.69 Å². The first-order valence-electron chi connectivity index (χ1n) is 15.7. The number of carbonyl (C=O) groups excluding carboxylic acids is 1. The first-order chi connectivity index (χ1) is 17.7. The van der Waals surface area contributed by atoms with Gasteiger partial charge in [0.25, 0.3) is 0 Å². The van der Waals surface area contributed by atoms with Crippen molar-refractivity contribution in [1.29, 1.82) is 0 Å². The van der Waals surface area contributed by atoms with E-state index >= 15 is 0 Å². The second-order valence-electron chi connectivity index (χ2n) is 14.6. The molecule has 3 saturated carbocycles. The molecule has 10 atom stereocenters. The Labute approximate surface area is 225 Å². The molecule has 4 nitrogen and oxygen atoms in total. The summed E-state index contributed by atoms with van der Waals surface area (Å²) in [5.74, 6) is 4.95. The molecule has 0 unspecified atom stereocenters. The summed E-state index contributed by atoms with van der Waals surface area (Å²) in [6.45, 7) is 15.6. The number of allylic oxidation sites excluding steroid dienone is 1. The molecule has 206 valence electrons. The lowest BCUT2D eigenvalue weighted by Gasteiger charge is -2.58. The summed E-state index contributed by atoms with van der Waals surface area (Å²) in [7, 11) is 0. The van der Waals surface area contributed by atoms with Crippen LogP contribution in [0.1, 0.15) is 91.4 Å². The summed E-state index contributed by atoms with van der Waals surface area (Å²) in [6, 6.07) is 0.443. The summed E-state index contributed by atoms with van der Waals surface area (Å²) in [5.41, 5.74) is 2.35. The Hall–Kier alpha value is -1.13. The molecule has 0 bridgehead atoms. The highest BCUT2D eigenvalue weighted by Gasteiger charge is 2.59. The molecule has 0 aromatic carbocycles. The smallest absolute Gasteiger partial charge is 0.222 e. The highest BCUT2D eigenvalue weighted by atomic mass is 16.3. The number of fused-ring (bicyclic) bond motifs is 6. The number of carbonyl (C=O) groups is 1. The van der Waals surface area contributed by atoms with Gasteiger partial charge in [-0.2, -0.15) is 0 Å². The van der Waals surface area contributed by atoms with Gasteiger partial charge in [-0.1, -0.05) is 38.5 Å². The van der Waals surface area contributed by atoms with E-state index in [1.54, 1.807) is 5.57 Å². The van der Waals surface area contributed by atoms with Crippen LogP contribution in [0.25, 0.3) is 0 Å². The second kappa shape index (κ2) is 9.81. The Morgan fingerprint density at radius 2 is 2.00 bits per heavy atom. The van der Waals surface area contributed by atoms with Crippen LogP contribution in [0.3, 0.4) is 0 Å². The van der Waals surface area contributed by atoms with Crippen molar-refractivity contribution in [2.75, 3.05) is 26.2 Å². The Kier molecular flexibility index (Phi) is 6.92. The van der Waals surface area contributed by atoms with E-state index in [2.05, 4.69) is 43.2 Å². The van der Waals surface area contributed by atoms with Crippen LogP contribution in [0.4, 0.5) is 0 Å². The van der Waals surface area contributed by atoms with Crippen molar-refractivity contribution in [2.45, 2.75) is 104 Å². The first kappa shape index (κ1) is 26.1. The zero-order valence-electron chi connectivity index (χ0n) is 23.8. The third-order valence-electron chi connectivity index (χ3n) is 13.0. The number of likely N-dealkylation sites (tertiary alicyclic amines) is 2. The van der Waals surface area contributed by atoms with E-state index < -0.39 is 0 Å². The average molecular weight is 509 g/mol. The fourth-order valence-electron chi connectivity index (χ4n) is 11.0. The minimum atomic E-state index is -0.115. The highest BCUT2D eigenvalue weighted by Crippen LogP contribution is 2.67. The zero-order chi connectivity index (χ0) is 25.9. The monoisotopic (exact) mass is 508 g/mol. The lowest BCUT2D eigenvalue weighted by Crippen LogP contribution is -2.50. The van der Waals surface area contributed by atoms with Gasteiger partial charge in [0.2, 0.25) is 5.91 Å². The summed E-state index contributed by atoms with van der Waals surface area (Å²) in [5, 5.41) is 10.3. The molecule has 1 N–H and O–H groups in total. The molecule has 2 aliphatic heterocycles. The molecule has 5 fully saturated rings. The van der Waals surface area contributed by atoms with Gasteiger partial charge in [0.15, 0.2) is 0 Å². The molecule has 0 radical (unpaired) electrons. The zero-order valence-corrected chi connectivity index (χ0v) is 23.8. The van der Waals surface area contributed by atoms with E-state index in [1.807, 2.05) is 6.08 Å². The molecule has 37 heavy (non-hydrogen) atoms. The van der Waals surface area contributed by atoms with E-state index in [9.17, 15) is 9.90 Å². The molecular formula is C33H52N2O2. The molecule has 6 rings (SSSR count). The standard InChI is InChI=1S/C33H52N2O2/c1-5-17-34-20-23-14-18-35(30(23)21-34)31(37)11-6-22(2)27-9-10-28-26-8-7-24-19-25(36)12-15-32(24,3)29(26)13-16-33(27,28)4/h5,7,22-23,25-30,36H,1,6,8-21H2,2-4H3/t22-,23-,25+,26+,27-,28+,29+,30+,32+,33-/m1/s1. The maximum Gasteiger partial charge on any atom is 0.222 e. The van der Waals surface area contributed by atoms with E-state index in [4.69, 9.17) is 0 Å². The third-order valence-corrected chi connectivity index (χ3v) is 13.0. The van der Waals surface area contributed by atoms with Crippen LogP contribution in [0.15, 0.2) is 24.3 Å². The Morgan fingerprint density at radius 3 is 2.81 bits per heavy atom. The van der Waals surface area contributed by atoms with Gasteiger partial charge < -0.3 is 10.0 Å². The van der Waals surface area contributed by atoms with Gasteiger partial charge in [0, 0.05) is 38.6 Å². The van der Waals surface area contributed by atoms with Gasteiger partial charge in [-0.05, 0) is 111 Å². The van der Waals surface area contributed by atoms with E-state index in [-0.39, 0.29) is 6.10 Å². The maximum atomic E-state index is 13.4. The van der Waals surface area contributed by atoms with Crippen LogP contribution in [0.5, 0.6) is 0 Å². The van der Waals surface area contributed by atoms with E-state index in [1.165, 1.54) is 44.9 Å². The number of aliphatic hydroxyl groups is 1. The van der Waals surface area contributed by atoms with E-state index in [0.717, 1.165) is 75.5 Å². The molecule has 1 amide bonds. The van der Waals surface area contributed by atoms with Crippen LogP contribution in [0.2, 0.25) is 0 Å². The largest absolute Gasteiger partial charge is 0.393 e. The highest BCUT2D eigenvalue weighted by molar-refractivity contribution is 5.77. The van der Waals surface area contributed by atoms with Gasteiger partial charge in [0.05, 0.1) is 6.10 Å². The number of nitrogens with zero attached hydrogens (tertiary/aromatic N) is 2. The average Bonchev–Trinajstić information content (AvgIpc) is 3.55. The summed E-state index contributed by atoms with van der Waals surface area (Å²) >= 11 is 0. The minimum Gasteiger partial charge on any atom is -0.393 e. The molecule has 2 heterocycles. The lowest BCUT2D eigenvalue weighted by atomic mass is 9.47. The molecule has 4 aliphatic carbocycles. The quantitative estimate of drug-likeness (QED) is 0.444. The minimum absolute atomic E-state index is 0.115. The Bertz CT molecular complexity index is 929. The van der Waals surface area contributed by atoms with Crippen molar-refractivity contribution >= 4 is 5.91 Å². The Morgan fingerprint density at radius 1 is 1.16 bits per heavy atom. The molecular weight excluding hydrogens is 456 g/mol. The summed E-state index contributed by atoms with van der Waals surface area (Å²) in [6.07, 6.45) is 17.2. The second-order valence-corrected chi connectivity index (χ2v) is 14.6. The number of aliphatic hydroxyl groups excluding tert-OH is 1. The SMILES string of the molecule is C=CCN1C[C@H]2CCN(C(=O)CC[C@@H](C)[C@H]3CC[C@H]4[C@@H]5CC=C6C[C@@H](O)CC[C@]6(C)[C@H]5CC[C@]34C)[C@H]2C1. The van der Waals surface area contributed by atoms with Crippen LogP contribution in [-0.2, 0) is 4.79 Å². The van der Waals surface area contributed by atoms with E-state index in [0.29, 0.717) is 34.6 Å². The fraction of sp³-hybridized carbons (Fsp3) is 0.848. The topological polar surface area (TPSA) is 43.8 Å². The van der Waals surface area contributed by atoms with Gasteiger partial charge >= 0.3 is 0 Å². The molecule has 6 aliphatic rings. The number of amides is 1. The molecule has 2 saturated heterocycles. The number of rotatable bonds is 6. The van der Waals surface area contributed by atoms with Gasteiger partial charge in [-0.25, -0.2) is 0 Å². The lowest BCUT2D eigenvalue weighted by molar-refractivity contribution is -0.132. The fourth-order valence-corrected chi connectivity index (χ4v) is 11.0.